The minimum atomic E-state index is -1.57. The highest BCUT2D eigenvalue weighted by atomic mass is 16.4. The van der Waals surface area contributed by atoms with Gasteiger partial charge in [-0.1, -0.05) is 41.5 Å². The first-order valence-electron chi connectivity index (χ1n) is 24.8. The number of rotatable bonds is 34. The molecule has 0 saturated carbocycles. The summed E-state index contributed by atoms with van der Waals surface area (Å²) in [6, 6.07) is -9.17. The van der Waals surface area contributed by atoms with Crippen molar-refractivity contribution < 1.29 is 67.7 Å². The maximum Gasteiger partial charge on any atom is 0.326 e. The molecule has 0 unspecified atom stereocenters. The Labute approximate surface area is 440 Å². The van der Waals surface area contributed by atoms with Crippen LogP contribution in [0.3, 0.4) is 0 Å². The zero-order valence-corrected chi connectivity index (χ0v) is 43.9. The SMILES string of the molecule is CC(C)[C@H](NC(=O)CNC(=O)CNC(=O)CN)C(=O)N[C@@H](CCCN=C(N)N)C(=O)NCC(=O)N1CCC[C@H]1C(=O)N[C@@H](CCCN=C(N)N)C(=O)N[C@H](C(=O)N[C@H](C(=O)N[C@@H](CCC(=O)O)C(=O)O)C(C)C)C(C)C. The lowest BCUT2D eigenvalue weighted by Crippen LogP contribution is -2.60. The topological polar surface area (TPSA) is 512 Å². The van der Waals surface area contributed by atoms with Crippen LogP contribution in [-0.4, -0.2) is 186 Å². The molecule has 1 heterocycles. The molecule has 0 aliphatic carbocycles. The lowest BCUT2D eigenvalue weighted by atomic mass is 9.98. The molecular weight excluding hydrogens is 1000 g/mol. The van der Waals surface area contributed by atoms with Gasteiger partial charge >= 0.3 is 11.9 Å². The first kappa shape index (κ1) is 66.2. The Morgan fingerprint density at radius 2 is 1.00 bits per heavy atom. The Hall–Kier alpha value is -7.86. The molecular formula is C45H79N17O14. The second kappa shape index (κ2) is 33.9. The van der Waals surface area contributed by atoms with Crippen LogP contribution in [0, 0.1) is 17.8 Å². The number of amides is 10. The average Bonchev–Trinajstić information content (AvgIpc) is 3.84. The van der Waals surface area contributed by atoms with Crippen LogP contribution in [0.4, 0.5) is 0 Å². The lowest BCUT2D eigenvalue weighted by molar-refractivity contribution is -0.144. The molecule has 7 atom stereocenters. The van der Waals surface area contributed by atoms with Gasteiger partial charge in [0.2, 0.25) is 59.1 Å². The van der Waals surface area contributed by atoms with Gasteiger partial charge in [-0.25, -0.2) is 4.79 Å². The largest absolute Gasteiger partial charge is 0.481 e. The summed E-state index contributed by atoms with van der Waals surface area (Å²) in [5.74, 6) is -12.6. The molecule has 31 heteroatoms. The molecule has 1 saturated heterocycles. The van der Waals surface area contributed by atoms with Crippen LogP contribution in [0.1, 0.15) is 92.9 Å². The second-order valence-electron chi connectivity index (χ2n) is 18.8. The Kier molecular flexibility index (Phi) is 29.5. The first-order chi connectivity index (χ1) is 35.6. The Morgan fingerprint density at radius 1 is 0.539 bits per heavy atom. The van der Waals surface area contributed by atoms with Crippen LogP contribution < -0.4 is 76.5 Å². The van der Waals surface area contributed by atoms with Gasteiger partial charge in [-0.3, -0.25) is 62.7 Å². The molecule has 0 aromatic heterocycles. The Balaban J connectivity index is 3.25. The third-order valence-electron chi connectivity index (χ3n) is 11.5. The fourth-order valence-electron chi connectivity index (χ4n) is 7.40. The quantitative estimate of drug-likeness (QED) is 0.0162. The van der Waals surface area contributed by atoms with Crippen LogP contribution in [0.2, 0.25) is 0 Å². The molecule has 0 spiro atoms. The van der Waals surface area contributed by atoms with Gasteiger partial charge in [0.15, 0.2) is 11.9 Å². The van der Waals surface area contributed by atoms with Crippen LogP contribution in [0.25, 0.3) is 0 Å². The smallest absolute Gasteiger partial charge is 0.326 e. The van der Waals surface area contributed by atoms with E-state index in [2.05, 4.69) is 57.8 Å². The van der Waals surface area contributed by atoms with Gasteiger partial charge in [0.25, 0.3) is 0 Å². The van der Waals surface area contributed by atoms with Crippen LogP contribution in [0.5, 0.6) is 0 Å². The number of nitrogens with zero attached hydrogens (tertiary/aromatic N) is 3. The van der Waals surface area contributed by atoms with Crippen molar-refractivity contribution in [1.29, 1.82) is 0 Å². The number of guanidine groups is 2. The molecule has 1 rings (SSSR count). The number of aliphatic imine (C=N–C) groups is 2. The number of carbonyl (C=O) groups excluding carboxylic acids is 10. The highest BCUT2D eigenvalue weighted by Crippen LogP contribution is 2.19. The zero-order chi connectivity index (χ0) is 57.8. The second-order valence-corrected chi connectivity index (χ2v) is 18.8. The molecule has 0 aromatic rings. The van der Waals surface area contributed by atoms with E-state index in [-0.39, 0.29) is 70.2 Å². The zero-order valence-electron chi connectivity index (χ0n) is 43.9. The van der Waals surface area contributed by atoms with E-state index in [1.807, 2.05) is 0 Å². The van der Waals surface area contributed by atoms with Crippen molar-refractivity contribution in [2.24, 2.45) is 56.4 Å². The molecule has 1 fully saturated rings. The third-order valence-corrected chi connectivity index (χ3v) is 11.5. The van der Waals surface area contributed by atoms with Crippen molar-refractivity contribution in [1.82, 2.24) is 52.8 Å². The summed E-state index contributed by atoms with van der Waals surface area (Å²) >= 11 is 0. The summed E-state index contributed by atoms with van der Waals surface area (Å²) in [4.78, 5) is 164. The van der Waals surface area contributed by atoms with E-state index in [9.17, 15) is 62.6 Å². The normalized spacial score (nSPS) is 15.3. The van der Waals surface area contributed by atoms with Crippen LogP contribution >= 0.6 is 0 Å². The van der Waals surface area contributed by atoms with E-state index < -0.39 is 164 Å². The number of aliphatic carboxylic acids is 2. The lowest BCUT2D eigenvalue weighted by Gasteiger charge is -2.30. The summed E-state index contributed by atoms with van der Waals surface area (Å²) in [6.07, 6.45) is -0.242. The fourth-order valence-corrected chi connectivity index (χ4v) is 7.40. The van der Waals surface area contributed by atoms with Crippen molar-refractivity contribution in [2.45, 2.75) is 135 Å². The van der Waals surface area contributed by atoms with E-state index in [0.29, 0.717) is 6.42 Å². The van der Waals surface area contributed by atoms with Gasteiger partial charge in [-0.05, 0) is 62.7 Å². The standard InChI is InChI=1S/C45H79N17O14/c1-22(2)34(59-31(65)20-54-30(64)19-53-29(63)18-46)40(72)57-25(10-7-15-51-44(47)48)37(69)55-21-32(66)62-17-9-12-28(62)39(71)56-26(11-8-16-52-45(49)50)38(70)60-36(24(5)6)42(74)61-35(23(3)4)41(73)58-27(43(75)76)13-14-33(67)68/h22-28,34-36H,7-21,46H2,1-6H3,(H,53,63)(H,54,64)(H,55,69)(H,56,71)(H,57,72)(H,58,73)(H,59,65)(H,60,70)(H,61,74)(H,67,68)(H,75,76)(H4,47,48,51)(H4,49,50,52)/t25-,26-,27-,28-,34-,35-,36-/m0/s1. The molecule has 428 valence electrons. The highest BCUT2D eigenvalue weighted by Gasteiger charge is 2.38. The minimum Gasteiger partial charge on any atom is -0.481 e. The van der Waals surface area contributed by atoms with E-state index in [1.165, 1.54) is 4.90 Å². The van der Waals surface area contributed by atoms with Gasteiger partial charge < -0.3 is 91.6 Å². The number of nitrogens with one attached hydrogen (secondary N) is 9. The summed E-state index contributed by atoms with van der Waals surface area (Å²) in [6.45, 7) is 7.79. The van der Waals surface area contributed by atoms with Crippen molar-refractivity contribution in [3.8, 4) is 0 Å². The summed E-state index contributed by atoms with van der Waals surface area (Å²) in [5.41, 5.74) is 27.0. The van der Waals surface area contributed by atoms with Gasteiger partial charge in [0.1, 0.15) is 42.3 Å². The number of carbonyl (C=O) groups is 12. The van der Waals surface area contributed by atoms with Gasteiger partial charge in [0.05, 0.1) is 26.2 Å². The summed E-state index contributed by atoms with van der Waals surface area (Å²) in [5, 5.41) is 40.8. The highest BCUT2D eigenvalue weighted by molar-refractivity contribution is 5.98. The van der Waals surface area contributed by atoms with E-state index >= 15 is 0 Å². The molecule has 31 nitrogen and oxygen atoms in total. The minimum absolute atomic E-state index is 0.0381. The van der Waals surface area contributed by atoms with E-state index in [4.69, 9.17) is 33.8 Å². The molecule has 1 aliphatic rings. The van der Waals surface area contributed by atoms with Crippen LogP contribution in [0.15, 0.2) is 9.98 Å². The van der Waals surface area contributed by atoms with Crippen LogP contribution in [-0.2, 0) is 57.5 Å². The predicted molar refractivity (Wildman–Crippen MR) is 273 cm³/mol. The maximum atomic E-state index is 14.0. The van der Waals surface area contributed by atoms with Gasteiger partial charge in [-0.2, -0.15) is 0 Å². The molecule has 76 heavy (non-hydrogen) atoms. The molecule has 0 aromatic carbocycles. The molecule has 0 bridgehead atoms. The fraction of sp³-hybridized carbons (Fsp3) is 0.689. The number of nitrogens with two attached hydrogens (primary N) is 5. The first-order valence-corrected chi connectivity index (χ1v) is 24.8. The van der Waals surface area contributed by atoms with Crippen molar-refractivity contribution in [3.63, 3.8) is 0 Å². The number of likely N-dealkylation sites (tertiary alicyclic amines) is 1. The van der Waals surface area contributed by atoms with Crippen molar-refractivity contribution >= 4 is 82.9 Å². The monoisotopic (exact) mass is 1080 g/mol. The van der Waals surface area contributed by atoms with E-state index in [0.717, 1.165) is 0 Å². The average molecular weight is 1080 g/mol. The third kappa shape index (κ3) is 24.9. The molecule has 0 radical (unpaired) electrons. The molecule has 21 N–H and O–H groups in total. The number of carboxylic acid groups (broad SMARTS) is 2. The number of carboxylic acids is 2. The van der Waals surface area contributed by atoms with Gasteiger partial charge in [-0.15, -0.1) is 0 Å². The van der Waals surface area contributed by atoms with E-state index in [1.54, 1.807) is 41.5 Å². The van der Waals surface area contributed by atoms with Crippen molar-refractivity contribution in [2.75, 3.05) is 45.8 Å². The predicted octanol–water partition coefficient (Wildman–Crippen LogP) is -6.78. The maximum absolute atomic E-state index is 14.0. The summed E-state index contributed by atoms with van der Waals surface area (Å²) in [7, 11) is 0. The number of hydrogen-bond acceptors (Lipinski definition) is 15. The Bertz CT molecular complexity index is 2110. The number of hydrogen-bond donors (Lipinski definition) is 16. The summed E-state index contributed by atoms with van der Waals surface area (Å²) < 4.78 is 0. The molecule has 10 amide bonds. The van der Waals surface area contributed by atoms with Crippen molar-refractivity contribution in [3.05, 3.63) is 0 Å². The Morgan fingerprint density at radius 3 is 1.49 bits per heavy atom. The van der Waals surface area contributed by atoms with Gasteiger partial charge in [0, 0.05) is 26.1 Å². The molecule has 1 aliphatic heterocycles.